The normalized spacial score (nSPS) is 21.8. The quantitative estimate of drug-likeness (QED) is 0.638. The van der Waals surface area contributed by atoms with Crippen LogP contribution < -0.4 is 5.32 Å². The summed E-state index contributed by atoms with van der Waals surface area (Å²) < 4.78 is 0. The Bertz CT molecular complexity index is 264. The van der Waals surface area contributed by atoms with E-state index in [0.29, 0.717) is 5.92 Å². The standard InChI is InChI=1S/C8H13N3/c1-5-3-4-6-7(5)8(9-2)11-10-6/h5H,3-4H2,1-2H3,(H2,9,10,11). The lowest BCUT2D eigenvalue weighted by atomic mass is 10.1. The van der Waals surface area contributed by atoms with E-state index in [1.165, 1.54) is 17.7 Å². The number of aromatic nitrogens is 2. The van der Waals surface area contributed by atoms with Crippen molar-refractivity contribution in [1.82, 2.24) is 10.2 Å². The van der Waals surface area contributed by atoms with Crippen LogP contribution in [-0.4, -0.2) is 17.2 Å². The van der Waals surface area contributed by atoms with E-state index in [1.807, 2.05) is 7.05 Å². The number of hydrogen-bond donors (Lipinski definition) is 2. The lowest BCUT2D eigenvalue weighted by Gasteiger charge is -2.02. The zero-order valence-electron chi connectivity index (χ0n) is 6.94. The fraction of sp³-hybridized carbons (Fsp3) is 0.625. The summed E-state index contributed by atoms with van der Waals surface area (Å²) in [6, 6.07) is 0. The number of aromatic amines is 1. The van der Waals surface area contributed by atoms with Gasteiger partial charge in [-0.3, -0.25) is 5.10 Å². The molecule has 11 heavy (non-hydrogen) atoms. The van der Waals surface area contributed by atoms with Crippen LogP contribution >= 0.6 is 0 Å². The van der Waals surface area contributed by atoms with Gasteiger partial charge in [-0.1, -0.05) is 6.92 Å². The Morgan fingerprint density at radius 3 is 3.18 bits per heavy atom. The first kappa shape index (κ1) is 6.70. The maximum absolute atomic E-state index is 4.17. The van der Waals surface area contributed by atoms with E-state index >= 15 is 0 Å². The van der Waals surface area contributed by atoms with Crippen LogP contribution in [0, 0.1) is 0 Å². The Morgan fingerprint density at radius 2 is 2.45 bits per heavy atom. The SMILES string of the molecule is CNc1n[nH]c2c1C(C)CC2. The molecule has 0 aliphatic heterocycles. The van der Waals surface area contributed by atoms with Gasteiger partial charge in [0, 0.05) is 18.3 Å². The molecular formula is C8H13N3. The van der Waals surface area contributed by atoms with Gasteiger partial charge in [-0.25, -0.2) is 0 Å². The number of hydrogen-bond acceptors (Lipinski definition) is 2. The third kappa shape index (κ3) is 0.836. The van der Waals surface area contributed by atoms with Crippen molar-refractivity contribution >= 4 is 5.82 Å². The van der Waals surface area contributed by atoms with E-state index in [1.54, 1.807) is 0 Å². The molecule has 0 saturated carbocycles. The lowest BCUT2D eigenvalue weighted by Crippen LogP contribution is -1.94. The number of rotatable bonds is 1. The lowest BCUT2D eigenvalue weighted by molar-refractivity contribution is 0.736. The highest BCUT2D eigenvalue weighted by Gasteiger charge is 2.24. The van der Waals surface area contributed by atoms with Crippen LogP contribution in [0.3, 0.4) is 0 Å². The van der Waals surface area contributed by atoms with Crippen LogP contribution in [0.1, 0.15) is 30.5 Å². The molecule has 0 amide bonds. The monoisotopic (exact) mass is 151 g/mol. The predicted molar refractivity (Wildman–Crippen MR) is 44.9 cm³/mol. The van der Waals surface area contributed by atoms with Gasteiger partial charge < -0.3 is 5.32 Å². The number of fused-ring (bicyclic) bond motifs is 1. The minimum Gasteiger partial charge on any atom is -0.371 e. The maximum Gasteiger partial charge on any atom is 0.151 e. The second-order valence-corrected chi connectivity index (χ2v) is 3.15. The van der Waals surface area contributed by atoms with Crippen LogP contribution in [0.15, 0.2) is 0 Å². The predicted octanol–water partition coefficient (Wildman–Crippen LogP) is 1.50. The summed E-state index contributed by atoms with van der Waals surface area (Å²) in [6.45, 7) is 2.25. The molecule has 1 atom stereocenters. The first-order valence-electron chi connectivity index (χ1n) is 4.08. The maximum atomic E-state index is 4.17. The Balaban J connectivity index is 2.46. The Morgan fingerprint density at radius 1 is 1.64 bits per heavy atom. The van der Waals surface area contributed by atoms with Crippen molar-refractivity contribution in [2.45, 2.75) is 25.7 Å². The minimum atomic E-state index is 0.672. The Hall–Kier alpha value is -0.990. The van der Waals surface area contributed by atoms with Crippen molar-refractivity contribution in [3.05, 3.63) is 11.3 Å². The van der Waals surface area contributed by atoms with Crippen LogP contribution in [0.25, 0.3) is 0 Å². The molecule has 1 heterocycles. The third-order valence-electron chi connectivity index (χ3n) is 2.44. The van der Waals surface area contributed by atoms with Crippen LogP contribution in [0.4, 0.5) is 5.82 Å². The molecule has 1 unspecified atom stereocenters. The first-order valence-corrected chi connectivity index (χ1v) is 4.08. The second-order valence-electron chi connectivity index (χ2n) is 3.15. The van der Waals surface area contributed by atoms with Gasteiger partial charge in [0.1, 0.15) is 0 Å². The van der Waals surface area contributed by atoms with Gasteiger partial charge in [0.15, 0.2) is 5.82 Å². The molecule has 3 nitrogen and oxygen atoms in total. The number of H-pyrrole nitrogens is 1. The summed E-state index contributed by atoms with van der Waals surface area (Å²) in [5, 5.41) is 10.3. The van der Waals surface area contributed by atoms with Gasteiger partial charge in [-0.2, -0.15) is 5.10 Å². The van der Waals surface area contributed by atoms with E-state index < -0.39 is 0 Å². The molecule has 3 heteroatoms. The summed E-state index contributed by atoms with van der Waals surface area (Å²) in [6.07, 6.45) is 2.42. The fourth-order valence-corrected chi connectivity index (χ4v) is 1.80. The van der Waals surface area contributed by atoms with Crippen molar-refractivity contribution in [1.29, 1.82) is 0 Å². The summed E-state index contributed by atoms with van der Waals surface area (Å²) in [5.74, 6) is 1.70. The number of aryl methyl sites for hydroxylation is 1. The highest BCUT2D eigenvalue weighted by Crippen LogP contribution is 2.35. The molecule has 0 aromatic carbocycles. The molecule has 60 valence electrons. The third-order valence-corrected chi connectivity index (χ3v) is 2.44. The molecule has 0 spiro atoms. The van der Waals surface area contributed by atoms with E-state index in [4.69, 9.17) is 0 Å². The van der Waals surface area contributed by atoms with Crippen molar-refractivity contribution in [2.75, 3.05) is 12.4 Å². The molecule has 1 aliphatic carbocycles. The summed E-state index contributed by atoms with van der Waals surface area (Å²) in [4.78, 5) is 0. The minimum absolute atomic E-state index is 0.672. The van der Waals surface area contributed by atoms with Gasteiger partial charge in [0.25, 0.3) is 0 Å². The number of nitrogens with zero attached hydrogens (tertiary/aromatic N) is 1. The van der Waals surface area contributed by atoms with Gasteiger partial charge in [-0.15, -0.1) is 0 Å². The molecule has 1 aliphatic rings. The van der Waals surface area contributed by atoms with E-state index in [0.717, 1.165) is 12.2 Å². The molecule has 2 rings (SSSR count). The van der Waals surface area contributed by atoms with Crippen molar-refractivity contribution in [3.8, 4) is 0 Å². The smallest absolute Gasteiger partial charge is 0.151 e. The highest BCUT2D eigenvalue weighted by atomic mass is 15.2. The molecule has 0 bridgehead atoms. The number of anilines is 1. The molecule has 1 aromatic rings. The zero-order valence-corrected chi connectivity index (χ0v) is 6.94. The van der Waals surface area contributed by atoms with Crippen molar-refractivity contribution in [2.24, 2.45) is 0 Å². The van der Waals surface area contributed by atoms with Gasteiger partial charge in [-0.05, 0) is 18.8 Å². The van der Waals surface area contributed by atoms with Crippen molar-refractivity contribution in [3.63, 3.8) is 0 Å². The zero-order chi connectivity index (χ0) is 7.84. The summed E-state index contributed by atoms with van der Waals surface area (Å²) in [7, 11) is 1.92. The summed E-state index contributed by atoms with van der Waals surface area (Å²) >= 11 is 0. The molecule has 2 N–H and O–H groups in total. The molecule has 0 saturated heterocycles. The van der Waals surface area contributed by atoms with Crippen LogP contribution in [-0.2, 0) is 6.42 Å². The number of nitrogens with one attached hydrogen (secondary N) is 2. The molecular weight excluding hydrogens is 138 g/mol. The van der Waals surface area contributed by atoms with Crippen LogP contribution in [0.2, 0.25) is 0 Å². The highest BCUT2D eigenvalue weighted by molar-refractivity contribution is 5.50. The first-order chi connectivity index (χ1) is 5.33. The van der Waals surface area contributed by atoms with Crippen LogP contribution in [0.5, 0.6) is 0 Å². The molecule has 1 aromatic heterocycles. The average Bonchev–Trinajstić information content (AvgIpc) is 2.54. The Kier molecular flexibility index (Phi) is 1.37. The fourth-order valence-electron chi connectivity index (χ4n) is 1.80. The van der Waals surface area contributed by atoms with E-state index in [-0.39, 0.29) is 0 Å². The summed E-state index contributed by atoms with van der Waals surface area (Å²) in [5.41, 5.74) is 2.72. The average molecular weight is 151 g/mol. The van der Waals surface area contributed by atoms with Gasteiger partial charge in [0.2, 0.25) is 0 Å². The topological polar surface area (TPSA) is 40.7 Å². The Labute approximate surface area is 66.2 Å². The second kappa shape index (κ2) is 2.26. The molecule has 0 fully saturated rings. The largest absolute Gasteiger partial charge is 0.371 e. The van der Waals surface area contributed by atoms with Gasteiger partial charge in [0.05, 0.1) is 0 Å². The van der Waals surface area contributed by atoms with E-state index in [2.05, 4.69) is 22.4 Å². The van der Waals surface area contributed by atoms with E-state index in [9.17, 15) is 0 Å². The molecule has 0 radical (unpaired) electrons. The van der Waals surface area contributed by atoms with Crippen molar-refractivity contribution < 1.29 is 0 Å². The van der Waals surface area contributed by atoms with Gasteiger partial charge >= 0.3 is 0 Å².